The Morgan fingerprint density at radius 2 is 1.70 bits per heavy atom. The van der Waals surface area contributed by atoms with E-state index in [0.29, 0.717) is 5.56 Å². The Labute approximate surface area is 176 Å². The largest absolute Gasteiger partial charge is 0.454 e. The van der Waals surface area contributed by atoms with Gasteiger partial charge in [-0.1, -0.05) is 60.7 Å². The molecule has 0 amide bonds. The fraction of sp³-hybridized carbons (Fsp3) is 0.296. The van der Waals surface area contributed by atoms with Gasteiger partial charge in [0.1, 0.15) is 11.7 Å². The van der Waals surface area contributed by atoms with Crippen LogP contribution in [0.3, 0.4) is 0 Å². The summed E-state index contributed by atoms with van der Waals surface area (Å²) in [6.45, 7) is 2.19. The Morgan fingerprint density at radius 1 is 0.933 bits per heavy atom. The van der Waals surface area contributed by atoms with Crippen LogP contribution in [0.2, 0.25) is 0 Å². The molecule has 0 radical (unpaired) electrons. The number of hydrogen-bond donors (Lipinski definition) is 0. The number of carbonyl (C=O) groups excluding carboxylic acids is 1. The average Bonchev–Trinajstić information content (AvgIpc) is 3.44. The van der Waals surface area contributed by atoms with Crippen LogP contribution in [0.15, 0.2) is 84.9 Å². The summed E-state index contributed by atoms with van der Waals surface area (Å²) < 4.78 is 12.8. The summed E-state index contributed by atoms with van der Waals surface area (Å²) in [7, 11) is 0. The summed E-state index contributed by atoms with van der Waals surface area (Å²) in [5.74, 6) is 0.0911. The van der Waals surface area contributed by atoms with Gasteiger partial charge in [0.2, 0.25) is 0 Å². The van der Waals surface area contributed by atoms with Crippen LogP contribution < -0.4 is 0 Å². The lowest BCUT2D eigenvalue weighted by molar-refractivity contribution is -0.0655. The van der Waals surface area contributed by atoms with E-state index in [1.807, 2.05) is 18.2 Å². The lowest BCUT2D eigenvalue weighted by atomic mass is 9.66. The summed E-state index contributed by atoms with van der Waals surface area (Å²) in [4.78, 5) is 12.7. The predicted molar refractivity (Wildman–Crippen MR) is 116 cm³/mol. The lowest BCUT2D eigenvalue weighted by Crippen LogP contribution is -2.42. The van der Waals surface area contributed by atoms with Crippen LogP contribution in [-0.2, 0) is 15.1 Å². The van der Waals surface area contributed by atoms with Crippen molar-refractivity contribution in [2.45, 2.75) is 37.1 Å². The van der Waals surface area contributed by atoms with Gasteiger partial charge in [-0.25, -0.2) is 4.79 Å². The number of hydrogen-bond acceptors (Lipinski definition) is 3. The van der Waals surface area contributed by atoms with Crippen molar-refractivity contribution >= 4 is 16.7 Å². The van der Waals surface area contributed by atoms with E-state index in [-0.39, 0.29) is 35.1 Å². The average molecular weight is 396 g/mol. The topological polar surface area (TPSA) is 35.5 Å². The molecule has 2 bridgehead atoms. The molecule has 3 aromatic rings. The van der Waals surface area contributed by atoms with Gasteiger partial charge in [0.25, 0.3) is 0 Å². The molecule has 150 valence electrons. The SMILES string of the molecule is C[C@]12CC[C@@](c3ccc4ccccc4c3)(O1)[C@H]1C=C[C@H](OC(=O)c3ccccc3)[C@H]12. The molecule has 1 aliphatic carbocycles. The molecule has 0 spiro atoms. The van der Waals surface area contributed by atoms with Gasteiger partial charge < -0.3 is 9.47 Å². The van der Waals surface area contributed by atoms with Crippen molar-refractivity contribution in [3.05, 3.63) is 96.1 Å². The number of ether oxygens (including phenoxy) is 2. The summed E-state index contributed by atoms with van der Waals surface area (Å²) >= 11 is 0. The molecule has 2 aliphatic heterocycles. The Kier molecular flexibility index (Phi) is 3.76. The van der Waals surface area contributed by atoms with Gasteiger partial charge in [-0.3, -0.25) is 0 Å². The quantitative estimate of drug-likeness (QED) is 0.424. The Hall–Kier alpha value is -2.91. The molecule has 2 fully saturated rings. The third-order valence-electron chi connectivity index (χ3n) is 7.39. The lowest BCUT2D eigenvalue weighted by Gasteiger charge is -2.36. The van der Waals surface area contributed by atoms with E-state index < -0.39 is 0 Å². The standard InChI is InChI=1S/C27H24O3/c1-26-15-16-27(30-26,21-12-11-18-7-5-6-10-20(18)17-21)22-13-14-23(24(22)26)29-25(28)19-8-3-2-4-9-19/h2-14,17,22-24H,15-16H2,1H3/t22-,23-,24-,26+,27-/m0/s1. The zero-order valence-corrected chi connectivity index (χ0v) is 17.0. The van der Waals surface area contributed by atoms with E-state index in [1.165, 1.54) is 16.3 Å². The van der Waals surface area contributed by atoms with Gasteiger partial charge in [0.15, 0.2) is 0 Å². The number of esters is 1. The highest BCUT2D eigenvalue weighted by molar-refractivity contribution is 5.89. The highest BCUT2D eigenvalue weighted by atomic mass is 16.6. The second-order valence-electron chi connectivity index (χ2n) is 9.04. The summed E-state index contributed by atoms with van der Waals surface area (Å²) in [6.07, 6.45) is 6.02. The highest BCUT2D eigenvalue weighted by Crippen LogP contribution is 2.65. The van der Waals surface area contributed by atoms with Gasteiger partial charge in [0, 0.05) is 11.8 Å². The Balaban J connectivity index is 1.34. The van der Waals surface area contributed by atoms with Crippen LogP contribution in [0, 0.1) is 11.8 Å². The molecule has 2 saturated heterocycles. The van der Waals surface area contributed by atoms with Gasteiger partial charge in [-0.05, 0) is 60.4 Å². The Morgan fingerprint density at radius 3 is 2.53 bits per heavy atom. The van der Waals surface area contributed by atoms with Crippen LogP contribution in [0.4, 0.5) is 0 Å². The van der Waals surface area contributed by atoms with Gasteiger partial charge >= 0.3 is 5.97 Å². The molecule has 3 aliphatic rings. The number of fused-ring (bicyclic) bond motifs is 6. The van der Waals surface area contributed by atoms with Gasteiger partial charge in [-0.15, -0.1) is 0 Å². The monoisotopic (exact) mass is 396 g/mol. The zero-order chi connectivity index (χ0) is 20.3. The minimum Gasteiger partial charge on any atom is -0.454 e. The van der Waals surface area contributed by atoms with Crippen molar-refractivity contribution in [1.29, 1.82) is 0 Å². The van der Waals surface area contributed by atoms with E-state index >= 15 is 0 Å². The first-order chi connectivity index (χ1) is 14.6. The van der Waals surface area contributed by atoms with E-state index in [4.69, 9.17) is 9.47 Å². The first-order valence-electron chi connectivity index (χ1n) is 10.7. The van der Waals surface area contributed by atoms with Crippen LogP contribution in [-0.4, -0.2) is 17.7 Å². The van der Waals surface area contributed by atoms with Crippen molar-refractivity contribution in [3.8, 4) is 0 Å². The smallest absolute Gasteiger partial charge is 0.338 e. The maximum atomic E-state index is 12.7. The molecule has 3 heteroatoms. The number of rotatable bonds is 3. The maximum absolute atomic E-state index is 12.7. The van der Waals surface area contributed by atoms with Crippen LogP contribution in [0.5, 0.6) is 0 Å². The highest BCUT2D eigenvalue weighted by Gasteiger charge is 2.68. The molecule has 2 heterocycles. The molecule has 30 heavy (non-hydrogen) atoms. The van der Waals surface area contributed by atoms with Crippen molar-refractivity contribution in [3.63, 3.8) is 0 Å². The van der Waals surface area contributed by atoms with E-state index in [1.54, 1.807) is 12.1 Å². The van der Waals surface area contributed by atoms with Crippen molar-refractivity contribution in [2.24, 2.45) is 11.8 Å². The van der Waals surface area contributed by atoms with Gasteiger partial charge in [-0.2, -0.15) is 0 Å². The molecular weight excluding hydrogens is 372 g/mol. The minimum atomic E-state index is -0.339. The van der Waals surface area contributed by atoms with Crippen molar-refractivity contribution < 1.29 is 14.3 Å². The fourth-order valence-electron chi connectivity index (χ4n) is 5.99. The molecule has 0 unspecified atom stereocenters. The van der Waals surface area contributed by atoms with E-state index in [0.717, 1.165) is 12.8 Å². The maximum Gasteiger partial charge on any atom is 0.338 e. The first kappa shape index (κ1) is 17.9. The summed E-state index contributed by atoms with van der Waals surface area (Å²) in [5.41, 5.74) is 1.19. The first-order valence-corrected chi connectivity index (χ1v) is 10.7. The summed E-state index contributed by atoms with van der Waals surface area (Å²) in [6, 6.07) is 24.4. The van der Waals surface area contributed by atoms with Crippen molar-refractivity contribution in [2.75, 3.05) is 0 Å². The van der Waals surface area contributed by atoms with E-state index in [2.05, 4.69) is 61.5 Å². The second kappa shape index (κ2) is 6.29. The Bertz CT molecular complexity index is 1170. The fourth-order valence-corrected chi connectivity index (χ4v) is 5.99. The summed E-state index contributed by atoms with van der Waals surface area (Å²) in [5, 5.41) is 2.48. The molecule has 6 rings (SSSR count). The molecule has 3 nitrogen and oxygen atoms in total. The third-order valence-corrected chi connectivity index (χ3v) is 7.39. The number of benzene rings is 3. The van der Waals surface area contributed by atoms with Crippen LogP contribution >= 0.6 is 0 Å². The van der Waals surface area contributed by atoms with Crippen LogP contribution in [0.1, 0.15) is 35.7 Å². The van der Waals surface area contributed by atoms with Gasteiger partial charge in [0.05, 0.1) is 11.2 Å². The van der Waals surface area contributed by atoms with E-state index in [9.17, 15) is 4.79 Å². The van der Waals surface area contributed by atoms with Crippen molar-refractivity contribution in [1.82, 2.24) is 0 Å². The molecular formula is C27H24O3. The third kappa shape index (κ3) is 2.45. The zero-order valence-electron chi connectivity index (χ0n) is 17.0. The predicted octanol–water partition coefficient (Wildman–Crippen LogP) is 5.65. The molecule has 0 N–H and O–H groups in total. The molecule has 5 atom stereocenters. The second-order valence-corrected chi connectivity index (χ2v) is 9.04. The normalized spacial score (nSPS) is 33.7. The molecule has 0 aromatic heterocycles. The van der Waals surface area contributed by atoms with Crippen LogP contribution in [0.25, 0.3) is 10.8 Å². The molecule has 0 saturated carbocycles. The minimum absolute atomic E-state index is 0.144. The number of carbonyl (C=O) groups is 1. The molecule has 3 aromatic carbocycles.